The van der Waals surface area contributed by atoms with Crippen LogP contribution in [0.15, 0.2) is 4.52 Å². The Labute approximate surface area is 75.9 Å². The first-order valence-electron chi connectivity index (χ1n) is 4.84. The molecular formula is C9H11N3O. The van der Waals surface area contributed by atoms with E-state index in [0.717, 1.165) is 30.1 Å². The van der Waals surface area contributed by atoms with E-state index in [1.54, 1.807) is 0 Å². The predicted molar refractivity (Wildman–Crippen MR) is 44.1 cm³/mol. The highest BCUT2D eigenvalue weighted by Crippen LogP contribution is 2.68. The van der Waals surface area contributed by atoms with E-state index in [2.05, 4.69) is 15.0 Å². The summed E-state index contributed by atoms with van der Waals surface area (Å²) in [5.74, 6) is 3.33. The molecule has 0 aromatic carbocycles. The highest BCUT2D eigenvalue weighted by Gasteiger charge is 2.77. The van der Waals surface area contributed by atoms with E-state index in [1.807, 2.05) is 6.92 Å². The van der Waals surface area contributed by atoms with Crippen molar-refractivity contribution in [1.82, 2.24) is 15.0 Å². The van der Waals surface area contributed by atoms with Crippen LogP contribution in [0.5, 0.6) is 0 Å². The molecule has 0 spiro atoms. The fourth-order valence-corrected chi connectivity index (χ4v) is 3.42. The van der Waals surface area contributed by atoms with E-state index in [1.165, 1.54) is 13.1 Å². The first kappa shape index (κ1) is 6.54. The average Bonchev–Trinajstić information content (AvgIpc) is 2.66. The lowest BCUT2D eigenvalue weighted by atomic mass is 10.1. The highest BCUT2D eigenvalue weighted by molar-refractivity contribution is 5.35. The number of hydrogen-bond donors (Lipinski definition) is 0. The van der Waals surface area contributed by atoms with Crippen molar-refractivity contribution in [2.45, 2.75) is 12.3 Å². The summed E-state index contributed by atoms with van der Waals surface area (Å²) in [5, 5.41) is 3.88. The van der Waals surface area contributed by atoms with Gasteiger partial charge in [-0.3, -0.25) is 0 Å². The van der Waals surface area contributed by atoms with Gasteiger partial charge in [0, 0.05) is 19.6 Å². The smallest absolute Gasteiger partial charge is 0.234 e. The van der Waals surface area contributed by atoms with Crippen LogP contribution in [0.2, 0.25) is 0 Å². The number of nitrogens with zero attached hydrogens (tertiary/aromatic N) is 3. The third-order valence-electron chi connectivity index (χ3n) is 4.02. The normalized spacial score (nSPS) is 50.1. The van der Waals surface area contributed by atoms with Crippen LogP contribution in [0, 0.1) is 18.8 Å². The quantitative estimate of drug-likeness (QED) is 0.614. The van der Waals surface area contributed by atoms with Gasteiger partial charge in [-0.15, -0.1) is 0 Å². The van der Waals surface area contributed by atoms with Crippen LogP contribution in [-0.4, -0.2) is 34.7 Å². The molecule has 1 aliphatic carbocycles. The van der Waals surface area contributed by atoms with Crippen molar-refractivity contribution < 1.29 is 4.52 Å². The zero-order valence-electron chi connectivity index (χ0n) is 7.53. The third kappa shape index (κ3) is 0.544. The lowest BCUT2D eigenvalue weighted by Crippen LogP contribution is -2.16. The molecule has 0 N–H and O–H groups in total. The van der Waals surface area contributed by atoms with E-state index in [4.69, 9.17) is 4.52 Å². The Balaban J connectivity index is 1.84. The van der Waals surface area contributed by atoms with Gasteiger partial charge in [0.2, 0.25) is 5.89 Å². The largest absolute Gasteiger partial charge is 0.339 e. The summed E-state index contributed by atoms with van der Waals surface area (Å²) in [6.07, 6.45) is 0. The van der Waals surface area contributed by atoms with Crippen molar-refractivity contribution in [3.8, 4) is 0 Å². The summed E-state index contributed by atoms with van der Waals surface area (Å²) in [5.41, 5.74) is 0.293. The van der Waals surface area contributed by atoms with Crippen molar-refractivity contribution in [2.75, 3.05) is 19.6 Å². The summed E-state index contributed by atoms with van der Waals surface area (Å²) in [7, 11) is 0. The second-order valence-electron chi connectivity index (χ2n) is 4.59. The lowest BCUT2D eigenvalue weighted by Gasteiger charge is -2.04. The molecule has 2 unspecified atom stereocenters. The summed E-state index contributed by atoms with van der Waals surface area (Å²) in [6.45, 7) is 5.56. The first-order chi connectivity index (χ1) is 6.30. The molecule has 68 valence electrons. The molecule has 0 radical (unpaired) electrons. The van der Waals surface area contributed by atoms with Crippen molar-refractivity contribution in [3.05, 3.63) is 11.7 Å². The van der Waals surface area contributed by atoms with Gasteiger partial charge in [-0.25, -0.2) is 0 Å². The van der Waals surface area contributed by atoms with Gasteiger partial charge in [0.05, 0.1) is 5.41 Å². The predicted octanol–water partition coefficient (Wildman–Crippen LogP) is 0.191. The SMILES string of the molecule is Cc1noc(C23CN4CC2C3C4)n1. The minimum absolute atomic E-state index is 0.293. The molecule has 4 bridgehead atoms. The zero-order chi connectivity index (χ0) is 8.63. The van der Waals surface area contributed by atoms with Gasteiger partial charge in [-0.2, -0.15) is 4.98 Å². The summed E-state index contributed by atoms with van der Waals surface area (Å²) in [6, 6.07) is 0. The molecule has 3 saturated heterocycles. The Hall–Kier alpha value is -0.900. The maximum atomic E-state index is 5.30. The average molecular weight is 177 g/mol. The van der Waals surface area contributed by atoms with Gasteiger partial charge in [0.15, 0.2) is 5.82 Å². The fraction of sp³-hybridized carbons (Fsp3) is 0.778. The maximum absolute atomic E-state index is 5.30. The molecule has 13 heavy (non-hydrogen) atoms. The van der Waals surface area contributed by atoms with E-state index < -0.39 is 0 Å². The van der Waals surface area contributed by atoms with Gasteiger partial charge in [-0.1, -0.05) is 5.16 Å². The molecule has 4 nitrogen and oxygen atoms in total. The molecule has 3 aliphatic heterocycles. The molecule has 1 aromatic heterocycles. The number of piperidine rings is 3. The molecule has 2 atom stereocenters. The topological polar surface area (TPSA) is 42.2 Å². The Morgan fingerprint density at radius 2 is 2.23 bits per heavy atom. The number of rotatable bonds is 1. The molecule has 4 fully saturated rings. The van der Waals surface area contributed by atoms with Gasteiger partial charge in [0.25, 0.3) is 0 Å². The van der Waals surface area contributed by atoms with Gasteiger partial charge < -0.3 is 9.42 Å². The second kappa shape index (κ2) is 1.66. The molecule has 4 aliphatic rings. The van der Waals surface area contributed by atoms with Crippen molar-refractivity contribution in [2.24, 2.45) is 11.8 Å². The van der Waals surface area contributed by atoms with Crippen LogP contribution in [0.3, 0.4) is 0 Å². The Morgan fingerprint density at radius 1 is 1.46 bits per heavy atom. The molecule has 1 aromatic rings. The van der Waals surface area contributed by atoms with Crippen molar-refractivity contribution >= 4 is 0 Å². The number of aryl methyl sites for hydroxylation is 1. The molecule has 1 saturated carbocycles. The molecule has 4 heterocycles. The molecule has 0 amide bonds. The van der Waals surface area contributed by atoms with Crippen LogP contribution in [0.25, 0.3) is 0 Å². The standard InChI is InChI=1S/C9H11N3O/c1-5-10-8(13-11-5)9-4-12-2-6(9)7(9)3-12/h6-7H,2-4H2,1H3. The van der Waals surface area contributed by atoms with Crippen molar-refractivity contribution in [1.29, 1.82) is 0 Å². The zero-order valence-corrected chi connectivity index (χ0v) is 7.53. The minimum atomic E-state index is 0.293. The molecule has 5 rings (SSSR count). The molecular weight excluding hydrogens is 166 g/mol. The van der Waals surface area contributed by atoms with Crippen LogP contribution < -0.4 is 0 Å². The second-order valence-corrected chi connectivity index (χ2v) is 4.59. The van der Waals surface area contributed by atoms with E-state index in [9.17, 15) is 0 Å². The van der Waals surface area contributed by atoms with Gasteiger partial charge in [0.1, 0.15) is 0 Å². The monoisotopic (exact) mass is 177 g/mol. The van der Waals surface area contributed by atoms with Crippen molar-refractivity contribution in [3.63, 3.8) is 0 Å². The minimum Gasteiger partial charge on any atom is -0.339 e. The van der Waals surface area contributed by atoms with E-state index in [0.29, 0.717) is 5.41 Å². The van der Waals surface area contributed by atoms with Gasteiger partial charge >= 0.3 is 0 Å². The van der Waals surface area contributed by atoms with Crippen LogP contribution >= 0.6 is 0 Å². The Kier molecular flexibility index (Phi) is 0.836. The van der Waals surface area contributed by atoms with Gasteiger partial charge in [-0.05, 0) is 18.8 Å². The van der Waals surface area contributed by atoms with Crippen LogP contribution in [0.4, 0.5) is 0 Å². The summed E-state index contributed by atoms with van der Waals surface area (Å²) >= 11 is 0. The Morgan fingerprint density at radius 3 is 2.69 bits per heavy atom. The molecule has 4 heteroatoms. The lowest BCUT2D eigenvalue weighted by molar-refractivity contribution is 0.336. The first-order valence-corrected chi connectivity index (χ1v) is 4.84. The summed E-state index contributed by atoms with van der Waals surface area (Å²) < 4.78 is 5.30. The summed E-state index contributed by atoms with van der Waals surface area (Å²) in [4.78, 5) is 6.89. The number of aromatic nitrogens is 2. The Bertz CT molecular complexity index is 374. The third-order valence-corrected chi connectivity index (χ3v) is 4.02. The van der Waals surface area contributed by atoms with E-state index in [-0.39, 0.29) is 0 Å². The number of hydrogen-bond acceptors (Lipinski definition) is 4. The maximum Gasteiger partial charge on any atom is 0.234 e. The fourth-order valence-electron chi connectivity index (χ4n) is 3.42. The van der Waals surface area contributed by atoms with Crippen LogP contribution in [0.1, 0.15) is 11.7 Å². The highest BCUT2D eigenvalue weighted by atomic mass is 16.5. The van der Waals surface area contributed by atoms with E-state index >= 15 is 0 Å². The van der Waals surface area contributed by atoms with Crippen LogP contribution in [-0.2, 0) is 5.41 Å².